The van der Waals surface area contributed by atoms with E-state index in [1.165, 1.54) is 6.08 Å². The van der Waals surface area contributed by atoms with Crippen LogP contribution in [0.4, 0.5) is 0 Å². The van der Waals surface area contributed by atoms with E-state index in [1.54, 1.807) is 0 Å². The lowest BCUT2D eigenvalue weighted by Crippen LogP contribution is -2.22. The smallest absolute Gasteiger partial charge is 0.239 e. The Bertz CT molecular complexity index is 222. The molecule has 11 heavy (non-hydrogen) atoms. The number of ketones is 1. The molecule has 1 aliphatic rings. The molecule has 0 atom stereocenters. The number of carbonyl (C=O) groups is 2. The molecule has 1 amide bonds. The fourth-order valence-corrected chi connectivity index (χ4v) is 0.974. The summed E-state index contributed by atoms with van der Waals surface area (Å²) < 4.78 is 0. The van der Waals surface area contributed by atoms with Gasteiger partial charge in [0.2, 0.25) is 5.91 Å². The van der Waals surface area contributed by atoms with Crippen molar-refractivity contribution in [3.8, 4) is 0 Å². The summed E-state index contributed by atoms with van der Waals surface area (Å²) in [5.74, 6) is -0.256. The van der Waals surface area contributed by atoms with E-state index in [2.05, 4.69) is 5.32 Å². The summed E-state index contributed by atoms with van der Waals surface area (Å²) in [6.07, 6.45) is 2.57. The third kappa shape index (κ3) is 2.35. The van der Waals surface area contributed by atoms with Crippen molar-refractivity contribution in [3.63, 3.8) is 0 Å². The number of hydrogen-bond acceptors (Lipinski definition) is 2. The largest absolute Gasteiger partial charge is 0.329 e. The predicted octanol–water partition coefficient (Wildman–Crippen LogP) is 0.588. The van der Waals surface area contributed by atoms with Crippen LogP contribution in [0.3, 0.4) is 0 Å². The summed E-state index contributed by atoms with van der Waals surface area (Å²) in [4.78, 5) is 21.3. The molecule has 3 nitrogen and oxygen atoms in total. The monoisotopic (exact) mass is 173 g/mol. The normalized spacial score (nSPS) is 16.5. The van der Waals surface area contributed by atoms with E-state index in [9.17, 15) is 9.59 Å². The summed E-state index contributed by atoms with van der Waals surface area (Å²) in [5, 5.41) is 2.53. The Morgan fingerprint density at radius 1 is 1.64 bits per heavy atom. The van der Waals surface area contributed by atoms with Crippen molar-refractivity contribution in [1.29, 1.82) is 0 Å². The number of hydrogen-bond donors (Lipinski definition) is 1. The first-order valence-electron chi connectivity index (χ1n) is 3.31. The van der Waals surface area contributed by atoms with Crippen molar-refractivity contribution in [1.82, 2.24) is 5.32 Å². The minimum absolute atomic E-state index is 0.0640. The highest BCUT2D eigenvalue weighted by Crippen LogP contribution is 2.11. The first-order chi connectivity index (χ1) is 5.22. The Labute approximate surface area is 69.4 Å². The van der Waals surface area contributed by atoms with Gasteiger partial charge in [-0.05, 0) is 6.42 Å². The van der Waals surface area contributed by atoms with Crippen molar-refractivity contribution >= 4 is 23.3 Å². The van der Waals surface area contributed by atoms with E-state index in [1.807, 2.05) is 0 Å². The van der Waals surface area contributed by atoms with E-state index >= 15 is 0 Å². The van der Waals surface area contributed by atoms with E-state index < -0.39 is 0 Å². The van der Waals surface area contributed by atoms with Crippen LogP contribution >= 0.6 is 11.6 Å². The molecule has 1 rings (SSSR count). The molecule has 0 aromatic rings. The molecule has 0 aromatic heterocycles. The molecule has 4 heteroatoms. The number of alkyl halides is 1. The zero-order valence-electron chi connectivity index (χ0n) is 5.89. The van der Waals surface area contributed by atoms with Crippen LogP contribution in [0.15, 0.2) is 11.8 Å². The van der Waals surface area contributed by atoms with E-state index in [-0.39, 0.29) is 17.6 Å². The Kier molecular flexibility index (Phi) is 2.65. The second kappa shape index (κ2) is 3.53. The van der Waals surface area contributed by atoms with Gasteiger partial charge in [0.05, 0.1) is 0 Å². The standard InChI is InChI=1S/C7H8ClNO2/c8-4-7(11)9-5-1-2-6(10)3-5/h3H,1-2,4H2,(H,9,11). The summed E-state index contributed by atoms with van der Waals surface area (Å²) in [6, 6.07) is 0. The maximum Gasteiger partial charge on any atom is 0.239 e. The highest BCUT2D eigenvalue weighted by molar-refractivity contribution is 6.27. The highest BCUT2D eigenvalue weighted by Gasteiger charge is 2.12. The average molecular weight is 174 g/mol. The summed E-state index contributed by atoms with van der Waals surface area (Å²) in [7, 11) is 0. The minimum Gasteiger partial charge on any atom is -0.329 e. The molecule has 0 aromatic carbocycles. The summed E-state index contributed by atoms with van der Waals surface area (Å²) in [5.41, 5.74) is 0.681. The van der Waals surface area contributed by atoms with Gasteiger partial charge in [0, 0.05) is 18.2 Å². The van der Waals surface area contributed by atoms with Crippen molar-refractivity contribution < 1.29 is 9.59 Å². The Hall–Kier alpha value is -0.830. The van der Waals surface area contributed by atoms with Gasteiger partial charge in [-0.25, -0.2) is 0 Å². The van der Waals surface area contributed by atoms with E-state index in [4.69, 9.17) is 11.6 Å². The van der Waals surface area contributed by atoms with Crippen LogP contribution in [0.1, 0.15) is 12.8 Å². The zero-order valence-corrected chi connectivity index (χ0v) is 6.65. The predicted molar refractivity (Wildman–Crippen MR) is 41.2 cm³/mol. The lowest BCUT2D eigenvalue weighted by molar-refractivity contribution is -0.118. The molecular formula is C7H8ClNO2. The van der Waals surface area contributed by atoms with Gasteiger partial charge in [-0.15, -0.1) is 11.6 Å². The SMILES string of the molecule is O=C1C=C(NC(=O)CCl)CC1. The van der Waals surface area contributed by atoms with Crippen LogP contribution in [0.2, 0.25) is 0 Å². The van der Waals surface area contributed by atoms with Crippen LogP contribution in [0, 0.1) is 0 Å². The molecule has 0 saturated heterocycles. The topological polar surface area (TPSA) is 46.2 Å². The first kappa shape index (κ1) is 8.27. The lowest BCUT2D eigenvalue weighted by Gasteiger charge is -2.00. The van der Waals surface area contributed by atoms with Gasteiger partial charge in [0.25, 0.3) is 0 Å². The van der Waals surface area contributed by atoms with Gasteiger partial charge in [-0.3, -0.25) is 9.59 Å². The van der Waals surface area contributed by atoms with Crippen LogP contribution in [-0.4, -0.2) is 17.6 Å². The van der Waals surface area contributed by atoms with Crippen LogP contribution in [-0.2, 0) is 9.59 Å². The highest BCUT2D eigenvalue weighted by atomic mass is 35.5. The summed E-state index contributed by atoms with van der Waals surface area (Å²) in [6.45, 7) is 0. The molecule has 1 N–H and O–H groups in total. The first-order valence-corrected chi connectivity index (χ1v) is 3.85. The van der Waals surface area contributed by atoms with Crippen molar-refractivity contribution in [2.75, 3.05) is 5.88 Å². The van der Waals surface area contributed by atoms with Gasteiger partial charge in [0.15, 0.2) is 5.78 Å². The molecule has 0 bridgehead atoms. The summed E-state index contributed by atoms with van der Waals surface area (Å²) >= 11 is 5.24. The van der Waals surface area contributed by atoms with Gasteiger partial charge >= 0.3 is 0 Å². The molecule has 60 valence electrons. The number of nitrogens with one attached hydrogen (secondary N) is 1. The van der Waals surface area contributed by atoms with Crippen molar-refractivity contribution in [2.45, 2.75) is 12.8 Å². The van der Waals surface area contributed by atoms with Crippen molar-refractivity contribution in [3.05, 3.63) is 11.8 Å². The molecule has 0 radical (unpaired) electrons. The fraction of sp³-hybridized carbons (Fsp3) is 0.429. The number of allylic oxidation sites excluding steroid dienone is 2. The number of rotatable bonds is 2. The quantitative estimate of drug-likeness (QED) is 0.622. The fourth-order valence-electron chi connectivity index (χ4n) is 0.908. The third-order valence-electron chi connectivity index (χ3n) is 1.40. The van der Waals surface area contributed by atoms with E-state index in [0.717, 1.165) is 0 Å². The number of carbonyl (C=O) groups excluding carboxylic acids is 2. The molecule has 0 heterocycles. The second-order valence-corrected chi connectivity index (χ2v) is 2.58. The Morgan fingerprint density at radius 3 is 2.82 bits per heavy atom. The zero-order chi connectivity index (χ0) is 8.27. The van der Waals surface area contributed by atoms with Crippen molar-refractivity contribution in [2.24, 2.45) is 0 Å². The minimum atomic E-state index is -0.257. The second-order valence-electron chi connectivity index (χ2n) is 2.32. The Balaban J connectivity index is 2.44. The number of amides is 1. The molecule has 0 aliphatic heterocycles. The average Bonchev–Trinajstić information content (AvgIpc) is 2.35. The maximum absolute atomic E-state index is 10.7. The van der Waals surface area contributed by atoms with Crippen LogP contribution < -0.4 is 5.32 Å². The van der Waals surface area contributed by atoms with Gasteiger partial charge in [-0.2, -0.15) is 0 Å². The van der Waals surface area contributed by atoms with Crippen LogP contribution in [0.5, 0.6) is 0 Å². The third-order valence-corrected chi connectivity index (χ3v) is 1.64. The molecule has 0 fully saturated rings. The Morgan fingerprint density at radius 2 is 2.36 bits per heavy atom. The van der Waals surface area contributed by atoms with E-state index in [0.29, 0.717) is 18.5 Å². The van der Waals surface area contributed by atoms with Crippen LogP contribution in [0.25, 0.3) is 0 Å². The molecule has 0 spiro atoms. The molecule has 1 aliphatic carbocycles. The lowest BCUT2D eigenvalue weighted by atomic mass is 10.3. The number of halogens is 1. The molecule has 0 unspecified atom stereocenters. The van der Waals surface area contributed by atoms with Gasteiger partial charge in [0.1, 0.15) is 5.88 Å². The maximum atomic E-state index is 10.7. The molecular weight excluding hydrogens is 166 g/mol. The van der Waals surface area contributed by atoms with Gasteiger partial charge in [-0.1, -0.05) is 0 Å². The van der Waals surface area contributed by atoms with Gasteiger partial charge < -0.3 is 5.32 Å². The molecule has 0 saturated carbocycles.